The molecule has 2 N–H and O–H groups in total. The van der Waals surface area contributed by atoms with Crippen LogP contribution in [0, 0.1) is 5.92 Å². The van der Waals surface area contributed by atoms with Crippen molar-refractivity contribution < 1.29 is 7.65 Å². The Bertz CT molecular complexity index is 525. The lowest BCUT2D eigenvalue weighted by molar-refractivity contribution is -0.116. The van der Waals surface area contributed by atoms with Crippen LogP contribution >= 0.6 is 0 Å². The van der Waals surface area contributed by atoms with Crippen molar-refractivity contribution in [1.29, 1.82) is 0 Å². The van der Waals surface area contributed by atoms with E-state index in [9.17, 15) is 4.79 Å². The highest BCUT2D eigenvalue weighted by Gasteiger charge is 2.05. The molecule has 2 aromatic rings. The summed E-state index contributed by atoms with van der Waals surface area (Å²) in [5, 5.41) is 10.7. The van der Waals surface area contributed by atoms with Crippen LogP contribution in [0.2, 0.25) is 0 Å². The number of aromatic amines is 1. The Labute approximate surface area is 103 Å². The number of anilines is 1. The summed E-state index contributed by atoms with van der Waals surface area (Å²) in [6.07, 6.45) is 3.24. The Morgan fingerprint density at radius 3 is 3.12 bits per heavy atom. The molecule has 4 nitrogen and oxygen atoms in total. The van der Waals surface area contributed by atoms with E-state index in [4.69, 9.17) is 0 Å². The molecule has 1 amide bonds. The normalized spacial score (nSPS) is 11.0. The zero-order valence-electron chi connectivity index (χ0n) is 10.2. The van der Waals surface area contributed by atoms with Crippen LogP contribution in [0.3, 0.4) is 0 Å². The maximum absolute atomic E-state index is 11.7. The van der Waals surface area contributed by atoms with Gasteiger partial charge in [-0.25, -0.2) is 0 Å². The molecule has 0 unspecified atom stereocenters. The van der Waals surface area contributed by atoms with Crippen molar-refractivity contribution in [2.45, 2.75) is 26.7 Å². The summed E-state index contributed by atoms with van der Waals surface area (Å²) in [4.78, 5) is 11.7. The highest BCUT2D eigenvalue weighted by molar-refractivity contribution is 5.93. The number of fused-ring (bicyclic) bond motifs is 1. The molecule has 0 aliphatic rings. The molecule has 0 bridgehead atoms. The number of carbonyl (C=O) groups excluding carboxylic acids is 1. The van der Waals surface area contributed by atoms with E-state index in [0.717, 1.165) is 23.0 Å². The molecule has 0 radical (unpaired) electrons. The van der Waals surface area contributed by atoms with Crippen molar-refractivity contribution in [2.75, 3.05) is 5.32 Å². The molecule has 0 spiro atoms. The molecular weight excluding hydrogens is 214 g/mol. The van der Waals surface area contributed by atoms with Gasteiger partial charge in [-0.15, -0.1) is 0 Å². The third-order valence-electron chi connectivity index (χ3n) is 2.67. The highest BCUT2D eigenvalue weighted by Crippen LogP contribution is 2.17. The van der Waals surface area contributed by atoms with Crippen LogP contribution in [0.4, 0.5) is 5.69 Å². The van der Waals surface area contributed by atoms with Gasteiger partial charge in [-0.1, -0.05) is 13.8 Å². The lowest BCUT2D eigenvalue weighted by atomic mass is 10.1. The standard InChI is InChI=1S/C13H17N3O.2H2/c1-9(2)3-6-13(17)15-11-4-5-12-10(7-11)8-14-16-12;;/h4-5,7-9H,3,6H2,1-2H3,(H,14,16)(H,15,17);2*1H. The molecule has 1 aromatic carbocycles. The smallest absolute Gasteiger partial charge is 0.224 e. The number of amides is 1. The fourth-order valence-corrected chi connectivity index (χ4v) is 1.66. The largest absolute Gasteiger partial charge is 0.326 e. The number of nitrogens with one attached hydrogen (secondary N) is 2. The molecule has 2 rings (SSSR count). The molecule has 94 valence electrons. The van der Waals surface area contributed by atoms with E-state index in [1.165, 1.54) is 0 Å². The number of aromatic nitrogens is 2. The number of hydrogen-bond acceptors (Lipinski definition) is 2. The highest BCUT2D eigenvalue weighted by atomic mass is 16.1. The third-order valence-corrected chi connectivity index (χ3v) is 2.67. The van der Waals surface area contributed by atoms with Gasteiger partial charge in [0.2, 0.25) is 5.91 Å². The van der Waals surface area contributed by atoms with Gasteiger partial charge < -0.3 is 5.32 Å². The predicted molar refractivity (Wildman–Crippen MR) is 73.0 cm³/mol. The van der Waals surface area contributed by atoms with Crippen LogP contribution < -0.4 is 5.32 Å². The van der Waals surface area contributed by atoms with Gasteiger partial charge in [-0.2, -0.15) is 5.10 Å². The van der Waals surface area contributed by atoms with Gasteiger partial charge in [0.15, 0.2) is 0 Å². The number of rotatable bonds is 4. The molecule has 1 heterocycles. The SMILES string of the molecule is CC(C)CCC(=O)Nc1ccc2[nH]ncc2c1.[HH].[HH]. The van der Waals surface area contributed by atoms with E-state index in [1.807, 2.05) is 18.2 Å². The number of nitrogens with zero attached hydrogens (tertiary/aromatic N) is 1. The first-order chi connectivity index (χ1) is 8.15. The van der Waals surface area contributed by atoms with Gasteiger partial charge in [-0.3, -0.25) is 9.89 Å². The van der Waals surface area contributed by atoms with Gasteiger partial charge in [0.25, 0.3) is 0 Å². The van der Waals surface area contributed by atoms with E-state index < -0.39 is 0 Å². The fourth-order valence-electron chi connectivity index (χ4n) is 1.66. The van der Waals surface area contributed by atoms with Crippen molar-refractivity contribution in [3.8, 4) is 0 Å². The van der Waals surface area contributed by atoms with Crippen molar-refractivity contribution >= 4 is 22.5 Å². The van der Waals surface area contributed by atoms with Crippen molar-refractivity contribution in [2.24, 2.45) is 5.92 Å². The van der Waals surface area contributed by atoms with Gasteiger partial charge in [-0.05, 0) is 30.5 Å². The molecule has 0 aliphatic heterocycles. The molecule has 1 aromatic heterocycles. The van der Waals surface area contributed by atoms with Crippen LogP contribution in [-0.4, -0.2) is 16.1 Å². The Morgan fingerprint density at radius 1 is 1.53 bits per heavy atom. The van der Waals surface area contributed by atoms with E-state index in [0.29, 0.717) is 12.3 Å². The van der Waals surface area contributed by atoms with E-state index >= 15 is 0 Å². The quantitative estimate of drug-likeness (QED) is 0.853. The molecule has 0 aliphatic carbocycles. The van der Waals surface area contributed by atoms with E-state index in [1.54, 1.807) is 6.20 Å². The summed E-state index contributed by atoms with van der Waals surface area (Å²) in [6, 6.07) is 5.72. The van der Waals surface area contributed by atoms with Crippen molar-refractivity contribution in [1.82, 2.24) is 10.2 Å². The predicted octanol–water partition coefficient (Wildman–Crippen LogP) is 3.43. The van der Waals surface area contributed by atoms with Gasteiger partial charge in [0, 0.05) is 20.3 Å². The van der Waals surface area contributed by atoms with Crippen LogP contribution in [0.25, 0.3) is 10.9 Å². The monoisotopic (exact) mass is 235 g/mol. The lowest BCUT2D eigenvalue weighted by Crippen LogP contribution is -2.11. The first kappa shape index (κ1) is 11.6. The van der Waals surface area contributed by atoms with Crippen LogP contribution in [-0.2, 0) is 4.79 Å². The van der Waals surface area contributed by atoms with Crippen molar-refractivity contribution in [3.63, 3.8) is 0 Å². The first-order valence-electron chi connectivity index (χ1n) is 5.88. The maximum Gasteiger partial charge on any atom is 0.224 e. The Hall–Kier alpha value is -1.84. The second kappa shape index (κ2) is 4.99. The van der Waals surface area contributed by atoms with Crippen LogP contribution in [0.15, 0.2) is 24.4 Å². The maximum atomic E-state index is 11.7. The summed E-state index contributed by atoms with van der Waals surface area (Å²) in [6.45, 7) is 4.23. The summed E-state index contributed by atoms with van der Waals surface area (Å²) in [5.41, 5.74) is 1.80. The Balaban J connectivity index is 0.00000162. The minimum Gasteiger partial charge on any atom is -0.326 e. The van der Waals surface area contributed by atoms with E-state index in [-0.39, 0.29) is 8.76 Å². The van der Waals surface area contributed by atoms with Gasteiger partial charge >= 0.3 is 0 Å². The summed E-state index contributed by atoms with van der Waals surface area (Å²) >= 11 is 0. The third kappa shape index (κ3) is 3.06. The molecule has 0 saturated carbocycles. The average molecular weight is 235 g/mol. The average Bonchev–Trinajstić information content (AvgIpc) is 2.73. The zero-order valence-corrected chi connectivity index (χ0v) is 10.2. The van der Waals surface area contributed by atoms with Gasteiger partial charge in [0.1, 0.15) is 0 Å². The van der Waals surface area contributed by atoms with Crippen LogP contribution in [0.1, 0.15) is 29.5 Å². The molecule has 0 fully saturated rings. The molecule has 4 heteroatoms. The van der Waals surface area contributed by atoms with E-state index in [2.05, 4.69) is 29.4 Å². The number of H-pyrrole nitrogens is 1. The first-order valence-corrected chi connectivity index (χ1v) is 5.88. The fraction of sp³-hybridized carbons (Fsp3) is 0.385. The number of benzene rings is 1. The second-order valence-electron chi connectivity index (χ2n) is 4.65. The summed E-state index contributed by atoms with van der Waals surface area (Å²) in [7, 11) is 0. The lowest BCUT2D eigenvalue weighted by Gasteiger charge is -2.06. The minimum absolute atomic E-state index is 0. The Kier molecular flexibility index (Phi) is 3.42. The van der Waals surface area contributed by atoms with Crippen molar-refractivity contribution in [3.05, 3.63) is 24.4 Å². The molecule has 0 saturated heterocycles. The topological polar surface area (TPSA) is 57.8 Å². The van der Waals surface area contributed by atoms with Gasteiger partial charge in [0.05, 0.1) is 11.7 Å². The summed E-state index contributed by atoms with van der Waals surface area (Å²) < 4.78 is 0. The van der Waals surface area contributed by atoms with Crippen LogP contribution in [0.5, 0.6) is 0 Å². The Morgan fingerprint density at radius 2 is 2.35 bits per heavy atom. The summed E-state index contributed by atoms with van der Waals surface area (Å²) in [5.74, 6) is 0.624. The zero-order chi connectivity index (χ0) is 12.3. The number of hydrogen-bond donors (Lipinski definition) is 2. The molecule has 0 atom stereocenters. The minimum atomic E-state index is 0. The molecular formula is C13H21N3O. The number of carbonyl (C=O) groups is 1. The second-order valence-corrected chi connectivity index (χ2v) is 4.65. The molecule has 17 heavy (non-hydrogen) atoms.